The van der Waals surface area contributed by atoms with Crippen molar-refractivity contribution in [3.63, 3.8) is 0 Å². The van der Waals surface area contributed by atoms with Crippen LogP contribution < -0.4 is 14.8 Å². The van der Waals surface area contributed by atoms with Crippen molar-refractivity contribution in [1.29, 1.82) is 0 Å². The number of hydrogen-bond acceptors (Lipinski definition) is 3. The van der Waals surface area contributed by atoms with Gasteiger partial charge in [0.1, 0.15) is 11.5 Å². The molecule has 0 bridgehead atoms. The van der Waals surface area contributed by atoms with Crippen molar-refractivity contribution in [2.24, 2.45) is 0 Å². The molecule has 23 heavy (non-hydrogen) atoms. The first-order valence-corrected chi connectivity index (χ1v) is 7.73. The van der Waals surface area contributed by atoms with E-state index in [1.165, 1.54) is 5.56 Å². The second-order valence-corrected chi connectivity index (χ2v) is 5.42. The van der Waals surface area contributed by atoms with Crippen LogP contribution in [0.3, 0.4) is 0 Å². The van der Waals surface area contributed by atoms with Crippen molar-refractivity contribution in [2.45, 2.75) is 26.7 Å². The normalized spacial score (nSPS) is 10.2. The summed E-state index contributed by atoms with van der Waals surface area (Å²) < 4.78 is 10.7. The first-order valence-electron chi connectivity index (χ1n) is 7.73. The fourth-order valence-electron chi connectivity index (χ4n) is 2.19. The third-order valence-corrected chi connectivity index (χ3v) is 3.76. The number of nitrogens with one attached hydrogen (secondary N) is 1. The van der Waals surface area contributed by atoms with Gasteiger partial charge in [-0.05, 0) is 61.7 Å². The Kier molecular flexibility index (Phi) is 6.03. The number of aryl methyl sites for hydroxylation is 1. The number of carbonyl (C=O) groups excluding carboxylic acids is 1. The van der Waals surface area contributed by atoms with E-state index in [4.69, 9.17) is 9.47 Å². The van der Waals surface area contributed by atoms with Gasteiger partial charge in [0, 0.05) is 12.1 Å². The number of amides is 1. The highest BCUT2D eigenvalue weighted by atomic mass is 16.5. The lowest BCUT2D eigenvalue weighted by molar-refractivity contribution is -0.116. The van der Waals surface area contributed by atoms with Gasteiger partial charge in [0.25, 0.3) is 0 Å². The standard InChI is InChI=1S/C19H23NO3/c1-14-6-4-7-18(15(14)2)20-19(21)8-5-13-23-17-11-9-16(22-3)10-12-17/h4,6-7,9-12H,5,8,13H2,1-3H3,(H,20,21). The highest BCUT2D eigenvalue weighted by Crippen LogP contribution is 2.19. The van der Waals surface area contributed by atoms with E-state index in [1.54, 1.807) is 7.11 Å². The maximum Gasteiger partial charge on any atom is 0.224 e. The third kappa shape index (κ3) is 5.02. The monoisotopic (exact) mass is 313 g/mol. The summed E-state index contributed by atoms with van der Waals surface area (Å²) in [4.78, 5) is 12.0. The van der Waals surface area contributed by atoms with Crippen molar-refractivity contribution in [3.05, 3.63) is 53.6 Å². The van der Waals surface area contributed by atoms with Gasteiger partial charge in [0.05, 0.1) is 13.7 Å². The zero-order valence-electron chi connectivity index (χ0n) is 13.9. The minimum atomic E-state index is 0.0111. The quantitative estimate of drug-likeness (QED) is 0.783. The van der Waals surface area contributed by atoms with Crippen LogP contribution in [0.2, 0.25) is 0 Å². The smallest absolute Gasteiger partial charge is 0.224 e. The van der Waals surface area contributed by atoms with Gasteiger partial charge in [0.15, 0.2) is 0 Å². The maximum atomic E-state index is 12.0. The molecule has 122 valence electrons. The van der Waals surface area contributed by atoms with Gasteiger partial charge in [-0.2, -0.15) is 0 Å². The summed E-state index contributed by atoms with van der Waals surface area (Å²) in [5, 5.41) is 2.95. The third-order valence-electron chi connectivity index (χ3n) is 3.76. The average molecular weight is 313 g/mol. The molecule has 4 heteroatoms. The number of rotatable bonds is 7. The molecule has 2 aromatic rings. The SMILES string of the molecule is COc1ccc(OCCCC(=O)Nc2cccc(C)c2C)cc1. The molecule has 0 saturated carbocycles. The lowest BCUT2D eigenvalue weighted by Crippen LogP contribution is -2.13. The van der Waals surface area contributed by atoms with Crippen LogP contribution in [0.5, 0.6) is 11.5 Å². The Labute approximate surface area is 137 Å². The van der Waals surface area contributed by atoms with Gasteiger partial charge < -0.3 is 14.8 Å². The summed E-state index contributed by atoms with van der Waals surface area (Å²) in [6.07, 6.45) is 1.10. The number of anilines is 1. The number of ether oxygens (including phenoxy) is 2. The maximum absolute atomic E-state index is 12.0. The van der Waals surface area contributed by atoms with Crippen LogP contribution in [-0.2, 0) is 4.79 Å². The van der Waals surface area contributed by atoms with Crippen LogP contribution in [0.4, 0.5) is 5.69 Å². The van der Waals surface area contributed by atoms with E-state index in [-0.39, 0.29) is 5.91 Å². The van der Waals surface area contributed by atoms with Gasteiger partial charge in [-0.1, -0.05) is 12.1 Å². The van der Waals surface area contributed by atoms with E-state index >= 15 is 0 Å². The first kappa shape index (κ1) is 16.9. The van der Waals surface area contributed by atoms with Crippen LogP contribution in [0.15, 0.2) is 42.5 Å². The molecule has 0 aliphatic rings. The topological polar surface area (TPSA) is 47.6 Å². The molecule has 0 unspecified atom stereocenters. The molecule has 0 spiro atoms. The zero-order chi connectivity index (χ0) is 16.7. The van der Waals surface area contributed by atoms with Crippen molar-refractivity contribution in [2.75, 3.05) is 19.0 Å². The summed E-state index contributed by atoms with van der Waals surface area (Å²) in [7, 11) is 1.63. The Morgan fingerprint density at radius 2 is 1.74 bits per heavy atom. The predicted molar refractivity (Wildman–Crippen MR) is 92.3 cm³/mol. The fourth-order valence-corrected chi connectivity index (χ4v) is 2.19. The van der Waals surface area contributed by atoms with Crippen molar-refractivity contribution < 1.29 is 14.3 Å². The minimum Gasteiger partial charge on any atom is -0.497 e. The molecular formula is C19H23NO3. The van der Waals surface area contributed by atoms with Gasteiger partial charge in [-0.3, -0.25) is 4.79 Å². The van der Waals surface area contributed by atoms with E-state index in [2.05, 4.69) is 5.32 Å². The minimum absolute atomic E-state index is 0.0111. The Morgan fingerprint density at radius 1 is 1.04 bits per heavy atom. The van der Waals surface area contributed by atoms with Crippen molar-refractivity contribution in [1.82, 2.24) is 0 Å². The lowest BCUT2D eigenvalue weighted by atomic mass is 10.1. The Balaban J connectivity index is 1.73. The Bertz CT molecular complexity index is 650. The van der Waals surface area contributed by atoms with Crippen LogP contribution in [0, 0.1) is 13.8 Å². The largest absolute Gasteiger partial charge is 0.497 e. The summed E-state index contributed by atoms with van der Waals surface area (Å²) >= 11 is 0. The molecule has 0 radical (unpaired) electrons. The van der Waals surface area contributed by atoms with Crippen molar-refractivity contribution in [3.8, 4) is 11.5 Å². The summed E-state index contributed by atoms with van der Waals surface area (Å²) in [5.74, 6) is 1.59. The average Bonchev–Trinajstić information content (AvgIpc) is 2.56. The zero-order valence-corrected chi connectivity index (χ0v) is 13.9. The molecule has 0 aromatic heterocycles. The second-order valence-electron chi connectivity index (χ2n) is 5.42. The van der Waals surface area contributed by atoms with E-state index < -0.39 is 0 Å². The highest BCUT2D eigenvalue weighted by molar-refractivity contribution is 5.91. The van der Waals surface area contributed by atoms with Crippen LogP contribution in [-0.4, -0.2) is 19.6 Å². The van der Waals surface area contributed by atoms with Crippen LogP contribution in [0.1, 0.15) is 24.0 Å². The Hall–Kier alpha value is -2.49. The Morgan fingerprint density at radius 3 is 2.43 bits per heavy atom. The van der Waals surface area contributed by atoms with Crippen LogP contribution in [0.25, 0.3) is 0 Å². The first-order chi connectivity index (χ1) is 11.1. The molecule has 0 heterocycles. The van der Waals surface area contributed by atoms with Gasteiger partial charge in [-0.25, -0.2) is 0 Å². The number of methoxy groups -OCH3 is 1. The van der Waals surface area contributed by atoms with Gasteiger partial charge >= 0.3 is 0 Å². The molecule has 0 saturated heterocycles. The summed E-state index contributed by atoms with van der Waals surface area (Å²) in [6, 6.07) is 13.3. The lowest BCUT2D eigenvalue weighted by Gasteiger charge is -2.10. The van der Waals surface area contributed by atoms with Crippen LogP contribution >= 0.6 is 0 Å². The van der Waals surface area contributed by atoms with E-state index in [0.717, 1.165) is 22.7 Å². The molecule has 0 atom stereocenters. The van der Waals surface area contributed by atoms with E-state index in [1.807, 2.05) is 56.3 Å². The van der Waals surface area contributed by atoms with E-state index in [9.17, 15) is 4.79 Å². The molecule has 0 aliphatic carbocycles. The molecule has 2 aromatic carbocycles. The molecule has 0 fully saturated rings. The van der Waals surface area contributed by atoms with Gasteiger partial charge in [-0.15, -0.1) is 0 Å². The summed E-state index contributed by atoms with van der Waals surface area (Å²) in [5.41, 5.74) is 3.16. The van der Waals surface area contributed by atoms with Crippen molar-refractivity contribution >= 4 is 11.6 Å². The molecule has 2 rings (SSSR count). The summed E-state index contributed by atoms with van der Waals surface area (Å²) in [6.45, 7) is 4.55. The number of benzene rings is 2. The fraction of sp³-hybridized carbons (Fsp3) is 0.316. The highest BCUT2D eigenvalue weighted by Gasteiger charge is 2.06. The number of carbonyl (C=O) groups is 1. The molecule has 4 nitrogen and oxygen atoms in total. The molecule has 1 amide bonds. The van der Waals surface area contributed by atoms with E-state index in [0.29, 0.717) is 19.4 Å². The molecule has 1 N–H and O–H groups in total. The number of hydrogen-bond donors (Lipinski definition) is 1. The predicted octanol–water partition coefficient (Wildman–Crippen LogP) is 4.11. The molecule has 0 aliphatic heterocycles. The van der Waals surface area contributed by atoms with Gasteiger partial charge in [0.2, 0.25) is 5.91 Å². The molecular weight excluding hydrogens is 290 g/mol. The second kappa shape index (κ2) is 8.22.